The van der Waals surface area contributed by atoms with E-state index < -0.39 is 5.82 Å². The normalized spacial score (nSPS) is 10.7. The van der Waals surface area contributed by atoms with Crippen molar-refractivity contribution in [1.29, 1.82) is 0 Å². The van der Waals surface area contributed by atoms with Gasteiger partial charge in [-0.05, 0) is 36.4 Å². The molecule has 1 aromatic heterocycles. The third-order valence-electron chi connectivity index (χ3n) is 3.67. The van der Waals surface area contributed by atoms with Crippen LogP contribution >= 0.6 is 11.6 Å². The van der Waals surface area contributed by atoms with E-state index in [9.17, 15) is 9.18 Å². The van der Waals surface area contributed by atoms with Crippen molar-refractivity contribution in [2.75, 3.05) is 4.90 Å². The zero-order chi connectivity index (χ0) is 18.0. The van der Waals surface area contributed by atoms with Gasteiger partial charge in [-0.15, -0.1) is 10.2 Å². The lowest BCUT2D eigenvalue weighted by Gasteiger charge is -2.21. The van der Waals surface area contributed by atoms with Crippen LogP contribution in [0.15, 0.2) is 46.9 Å². The van der Waals surface area contributed by atoms with Crippen molar-refractivity contribution >= 4 is 23.2 Å². The molecule has 0 radical (unpaired) electrons. The van der Waals surface area contributed by atoms with Crippen LogP contribution in [0.4, 0.5) is 10.1 Å². The van der Waals surface area contributed by atoms with Gasteiger partial charge in [0.25, 0.3) is 0 Å². The molecule has 1 amide bonds. The summed E-state index contributed by atoms with van der Waals surface area (Å²) in [7, 11) is 0. The van der Waals surface area contributed by atoms with E-state index in [2.05, 4.69) is 10.2 Å². The first-order chi connectivity index (χ1) is 11.9. The number of anilines is 1. The van der Waals surface area contributed by atoms with Crippen LogP contribution in [0, 0.1) is 12.7 Å². The average molecular weight is 360 g/mol. The van der Waals surface area contributed by atoms with E-state index in [0.29, 0.717) is 27.7 Å². The summed E-state index contributed by atoms with van der Waals surface area (Å²) in [5.74, 6) is 0.0148. The van der Waals surface area contributed by atoms with E-state index in [0.717, 1.165) is 0 Å². The Balaban J connectivity index is 1.87. The summed E-state index contributed by atoms with van der Waals surface area (Å²) in [5.41, 5.74) is 1.51. The number of amides is 1. The second-order valence-corrected chi connectivity index (χ2v) is 5.95. The van der Waals surface area contributed by atoms with Crippen LogP contribution in [-0.4, -0.2) is 16.1 Å². The monoisotopic (exact) mass is 359 g/mol. The largest absolute Gasteiger partial charge is 0.421 e. The highest BCUT2D eigenvalue weighted by Gasteiger charge is 2.16. The second kappa shape index (κ2) is 7.03. The first-order valence-electron chi connectivity index (χ1n) is 7.56. The summed E-state index contributed by atoms with van der Waals surface area (Å²) >= 11 is 5.88. The third kappa shape index (κ3) is 3.85. The van der Waals surface area contributed by atoms with Gasteiger partial charge in [-0.2, -0.15) is 0 Å². The maximum absolute atomic E-state index is 14.5. The lowest BCUT2D eigenvalue weighted by atomic mass is 10.1. The molecule has 3 aromatic rings. The van der Waals surface area contributed by atoms with Crippen molar-refractivity contribution in [3.8, 4) is 11.5 Å². The van der Waals surface area contributed by atoms with Crippen LogP contribution in [0.3, 0.4) is 0 Å². The Morgan fingerprint density at radius 2 is 1.92 bits per heavy atom. The van der Waals surface area contributed by atoms with E-state index in [1.807, 2.05) is 0 Å². The first kappa shape index (κ1) is 17.1. The van der Waals surface area contributed by atoms with Crippen LogP contribution in [0.5, 0.6) is 0 Å². The van der Waals surface area contributed by atoms with Gasteiger partial charge in [0.05, 0.1) is 6.54 Å². The number of hydrogen-bond acceptors (Lipinski definition) is 4. The molecule has 7 heteroatoms. The molecule has 0 atom stereocenters. The van der Waals surface area contributed by atoms with E-state index in [1.165, 1.54) is 17.9 Å². The molecule has 2 aromatic carbocycles. The number of benzene rings is 2. The zero-order valence-electron chi connectivity index (χ0n) is 13.7. The van der Waals surface area contributed by atoms with Gasteiger partial charge in [0.1, 0.15) is 5.82 Å². The number of nitrogens with zero attached hydrogens (tertiary/aromatic N) is 3. The Kier molecular flexibility index (Phi) is 4.81. The summed E-state index contributed by atoms with van der Waals surface area (Å²) in [6.45, 7) is 3.20. The molecule has 0 spiro atoms. The Morgan fingerprint density at radius 3 is 2.48 bits per heavy atom. The molecular weight excluding hydrogens is 345 g/mol. The molecule has 0 saturated carbocycles. The van der Waals surface area contributed by atoms with Gasteiger partial charge in [0.15, 0.2) is 0 Å². The number of rotatable bonds is 4. The van der Waals surface area contributed by atoms with Gasteiger partial charge in [-0.25, -0.2) is 4.39 Å². The topological polar surface area (TPSA) is 59.2 Å². The fourth-order valence-electron chi connectivity index (χ4n) is 2.40. The Morgan fingerprint density at radius 1 is 1.20 bits per heavy atom. The fourth-order valence-corrected chi connectivity index (χ4v) is 2.52. The van der Waals surface area contributed by atoms with Crippen molar-refractivity contribution in [3.05, 3.63) is 64.8 Å². The number of carbonyl (C=O) groups excluding carboxylic acids is 1. The molecule has 1 heterocycles. The number of aromatic nitrogens is 2. The minimum Gasteiger partial charge on any atom is -0.421 e. The molecule has 128 valence electrons. The number of halogens is 2. The van der Waals surface area contributed by atoms with Crippen LogP contribution in [0.2, 0.25) is 5.02 Å². The molecule has 3 rings (SSSR count). The Labute approximate surface area is 149 Å². The van der Waals surface area contributed by atoms with Gasteiger partial charge in [0.2, 0.25) is 17.7 Å². The first-order valence-corrected chi connectivity index (χ1v) is 7.94. The SMILES string of the molecule is CC(=O)N(Cc1ccc(-c2nnc(C)o2)cc1F)c1ccc(Cl)cc1. The zero-order valence-corrected chi connectivity index (χ0v) is 14.4. The second-order valence-electron chi connectivity index (χ2n) is 5.51. The fraction of sp³-hybridized carbons (Fsp3) is 0.167. The quantitative estimate of drug-likeness (QED) is 0.693. The van der Waals surface area contributed by atoms with Crippen molar-refractivity contribution in [2.24, 2.45) is 0 Å². The maximum Gasteiger partial charge on any atom is 0.247 e. The van der Waals surface area contributed by atoms with Crippen LogP contribution in [0.1, 0.15) is 18.4 Å². The smallest absolute Gasteiger partial charge is 0.247 e. The molecule has 0 aliphatic carbocycles. The highest BCUT2D eigenvalue weighted by molar-refractivity contribution is 6.30. The predicted molar refractivity (Wildman–Crippen MR) is 92.7 cm³/mol. The van der Waals surface area contributed by atoms with Gasteiger partial charge >= 0.3 is 0 Å². The minimum atomic E-state index is -0.450. The molecule has 5 nitrogen and oxygen atoms in total. The summed E-state index contributed by atoms with van der Waals surface area (Å²) in [5, 5.41) is 8.17. The lowest BCUT2D eigenvalue weighted by Crippen LogP contribution is -2.28. The van der Waals surface area contributed by atoms with Crippen molar-refractivity contribution in [3.63, 3.8) is 0 Å². The molecule has 0 unspecified atom stereocenters. The van der Waals surface area contributed by atoms with E-state index in [1.54, 1.807) is 43.3 Å². The third-order valence-corrected chi connectivity index (χ3v) is 3.92. The molecular formula is C18H15ClFN3O2. The Hall–Kier alpha value is -2.73. The standard InChI is InChI=1S/C18H15ClFN3O2/c1-11-21-22-18(25-11)13-3-4-14(17(20)9-13)10-23(12(2)24)16-7-5-15(19)6-8-16/h3-9H,10H2,1-2H3. The molecule has 0 N–H and O–H groups in total. The average Bonchev–Trinajstić information content (AvgIpc) is 3.01. The number of hydrogen-bond donors (Lipinski definition) is 0. The highest BCUT2D eigenvalue weighted by atomic mass is 35.5. The van der Waals surface area contributed by atoms with Crippen molar-refractivity contribution in [2.45, 2.75) is 20.4 Å². The van der Waals surface area contributed by atoms with Gasteiger partial charge in [-0.3, -0.25) is 4.79 Å². The van der Waals surface area contributed by atoms with Crippen LogP contribution in [0.25, 0.3) is 11.5 Å². The van der Waals surface area contributed by atoms with Crippen molar-refractivity contribution in [1.82, 2.24) is 10.2 Å². The van der Waals surface area contributed by atoms with Gasteiger partial charge in [-0.1, -0.05) is 17.7 Å². The van der Waals surface area contributed by atoms with E-state index in [-0.39, 0.29) is 18.3 Å². The predicted octanol–water partition coefficient (Wildman–Crippen LogP) is 4.39. The van der Waals surface area contributed by atoms with Crippen LogP contribution in [-0.2, 0) is 11.3 Å². The maximum atomic E-state index is 14.5. The van der Waals surface area contributed by atoms with Gasteiger partial charge < -0.3 is 9.32 Å². The molecule has 0 aliphatic heterocycles. The summed E-state index contributed by atoms with van der Waals surface area (Å²) < 4.78 is 19.8. The van der Waals surface area contributed by atoms with E-state index >= 15 is 0 Å². The van der Waals surface area contributed by atoms with E-state index in [4.69, 9.17) is 16.0 Å². The molecule has 25 heavy (non-hydrogen) atoms. The summed E-state index contributed by atoms with van der Waals surface area (Å²) in [6, 6.07) is 11.4. The van der Waals surface area contributed by atoms with Crippen molar-refractivity contribution < 1.29 is 13.6 Å². The molecule has 0 fully saturated rings. The lowest BCUT2D eigenvalue weighted by molar-refractivity contribution is -0.116. The summed E-state index contributed by atoms with van der Waals surface area (Å²) in [6.07, 6.45) is 0. The van der Waals surface area contributed by atoms with Crippen LogP contribution < -0.4 is 4.90 Å². The summed E-state index contributed by atoms with van der Waals surface area (Å²) in [4.78, 5) is 13.5. The minimum absolute atomic E-state index is 0.103. The number of aryl methyl sites for hydroxylation is 1. The highest BCUT2D eigenvalue weighted by Crippen LogP contribution is 2.24. The molecule has 0 bridgehead atoms. The number of carbonyl (C=O) groups is 1. The molecule has 0 saturated heterocycles. The Bertz CT molecular complexity index is 909. The van der Waals surface area contributed by atoms with Gasteiger partial charge in [0, 0.05) is 35.7 Å². The molecule has 0 aliphatic rings.